The minimum atomic E-state index is -3.98. The van der Waals surface area contributed by atoms with Gasteiger partial charge in [0.1, 0.15) is 16.6 Å². The van der Waals surface area contributed by atoms with Gasteiger partial charge in [-0.2, -0.15) is 8.42 Å². The van der Waals surface area contributed by atoms with Crippen LogP contribution in [0, 0.1) is 5.92 Å². The molecule has 0 spiro atoms. The quantitative estimate of drug-likeness (QED) is 0.596. The highest BCUT2D eigenvalue weighted by Gasteiger charge is 2.30. The van der Waals surface area contributed by atoms with Crippen molar-refractivity contribution in [3.8, 4) is 0 Å². The second-order valence-electron chi connectivity index (χ2n) is 4.64. The fraction of sp³-hybridized carbons (Fsp3) is 0.429. The molecule has 2 unspecified atom stereocenters. The maximum atomic E-state index is 12.3. The van der Waals surface area contributed by atoms with E-state index in [1.807, 2.05) is 0 Å². The lowest BCUT2D eigenvalue weighted by Crippen LogP contribution is -2.37. The van der Waals surface area contributed by atoms with Crippen molar-refractivity contribution < 1.29 is 26.9 Å². The van der Waals surface area contributed by atoms with Crippen LogP contribution in [0.2, 0.25) is 0 Å². The number of carbonyl (C=O) groups is 2. The smallest absolute Gasteiger partial charge is 0.298 e. The number of anilines is 1. The molecule has 0 bridgehead atoms. The van der Waals surface area contributed by atoms with Gasteiger partial charge in [0.05, 0.1) is 18.9 Å². The largest absolute Gasteiger partial charge is 0.380 e. The van der Waals surface area contributed by atoms with Crippen LogP contribution in [0.3, 0.4) is 0 Å². The molecule has 0 aliphatic rings. The Morgan fingerprint density at radius 1 is 1.18 bits per heavy atom. The van der Waals surface area contributed by atoms with Gasteiger partial charge in [-0.3, -0.25) is 13.8 Å². The third-order valence-electron chi connectivity index (χ3n) is 3.20. The summed E-state index contributed by atoms with van der Waals surface area (Å²) in [5.41, 5.74) is 0.0453. The first kappa shape index (κ1) is 18.3. The summed E-state index contributed by atoms with van der Waals surface area (Å²) in [4.78, 5) is 23.7. The van der Waals surface area contributed by atoms with Crippen LogP contribution >= 0.6 is 0 Å². The van der Waals surface area contributed by atoms with E-state index in [1.165, 1.54) is 32.2 Å². The molecule has 0 aromatic heterocycles. The molecule has 1 aromatic rings. The van der Waals surface area contributed by atoms with Crippen LogP contribution in [0.1, 0.15) is 13.8 Å². The molecular weight excluding hydrogens is 310 g/mol. The molecule has 7 nitrogen and oxygen atoms in total. The van der Waals surface area contributed by atoms with Gasteiger partial charge >= 0.3 is 0 Å². The van der Waals surface area contributed by atoms with Gasteiger partial charge in [-0.15, -0.1) is 0 Å². The highest BCUT2D eigenvalue weighted by molar-refractivity contribution is 7.87. The second kappa shape index (κ2) is 7.48. The van der Waals surface area contributed by atoms with Gasteiger partial charge < -0.3 is 10.1 Å². The first-order valence-corrected chi connectivity index (χ1v) is 7.89. The molecule has 0 aliphatic carbocycles. The van der Waals surface area contributed by atoms with Crippen LogP contribution < -0.4 is 5.32 Å². The van der Waals surface area contributed by atoms with Gasteiger partial charge in [0, 0.05) is 7.11 Å². The molecule has 2 atom stereocenters. The molecule has 22 heavy (non-hydrogen) atoms. The van der Waals surface area contributed by atoms with Crippen LogP contribution in [-0.2, 0) is 28.6 Å². The molecule has 0 heterocycles. The predicted molar refractivity (Wildman–Crippen MR) is 79.9 cm³/mol. The Labute approximate surface area is 129 Å². The standard InChI is InChI=1S/C14H19NO6S/c1-9(16)13(10(2)20-3)14(17)15-11-7-5-6-8-12(11)22(18,19)21-4/h5-8,10,13H,1-4H3,(H,15,17). The van der Waals surface area contributed by atoms with E-state index < -0.39 is 28.0 Å². The van der Waals surface area contributed by atoms with Crippen molar-refractivity contribution in [2.24, 2.45) is 5.92 Å². The average molecular weight is 329 g/mol. The van der Waals surface area contributed by atoms with Gasteiger partial charge in [-0.05, 0) is 26.0 Å². The summed E-state index contributed by atoms with van der Waals surface area (Å²) >= 11 is 0. The summed E-state index contributed by atoms with van der Waals surface area (Å²) in [5, 5.41) is 2.45. The number of methoxy groups -OCH3 is 1. The number of ketones is 1. The van der Waals surface area contributed by atoms with Crippen molar-refractivity contribution in [2.45, 2.75) is 24.8 Å². The summed E-state index contributed by atoms with van der Waals surface area (Å²) in [6, 6.07) is 5.78. The van der Waals surface area contributed by atoms with Gasteiger partial charge in [0.25, 0.3) is 10.1 Å². The molecule has 0 aliphatic heterocycles. The third-order valence-corrected chi connectivity index (χ3v) is 4.53. The van der Waals surface area contributed by atoms with Gasteiger partial charge in [-0.1, -0.05) is 12.1 Å². The summed E-state index contributed by atoms with van der Waals surface area (Å²) in [7, 11) is -1.56. The van der Waals surface area contributed by atoms with Crippen molar-refractivity contribution in [3.05, 3.63) is 24.3 Å². The molecular formula is C14H19NO6S. The fourth-order valence-corrected chi connectivity index (χ4v) is 2.77. The number of rotatable bonds is 7. The van der Waals surface area contributed by atoms with E-state index >= 15 is 0 Å². The normalized spacial score (nSPS) is 14.2. The van der Waals surface area contributed by atoms with Crippen molar-refractivity contribution in [1.82, 2.24) is 0 Å². The maximum absolute atomic E-state index is 12.3. The number of hydrogen-bond acceptors (Lipinski definition) is 6. The summed E-state index contributed by atoms with van der Waals surface area (Å²) in [6.45, 7) is 2.86. The Morgan fingerprint density at radius 3 is 2.27 bits per heavy atom. The molecule has 1 aromatic carbocycles. The number of ether oxygens (including phenoxy) is 1. The number of nitrogens with one attached hydrogen (secondary N) is 1. The highest BCUT2D eigenvalue weighted by Crippen LogP contribution is 2.23. The Hall–Kier alpha value is -1.77. The average Bonchev–Trinajstić information content (AvgIpc) is 2.47. The molecule has 122 valence electrons. The van der Waals surface area contributed by atoms with Crippen molar-refractivity contribution >= 4 is 27.5 Å². The molecule has 1 N–H and O–H groups in total. The first-order valence-electron chi connectivity index (χ1n) is 6.48. The molecule has 8 heteroatoms. The Balaban J connectivity index is 3.15. The summed E-state index contributed by atoms with van der Waals surface area (Å²) < 4.78 is 33.1. The Kier molecular flexibility index (Phi) is 6.21. The minimum Gasteiger partial charge on any atom is -0.380 e. The molecule has 1 amide bonds. The third kappa shape index (κ3) is 4.12. The zero-order chi connectivity index (χ0) is 16.9. The maximum Gasteiger partial charge on any atom is 0.298 e. The first-order chi connectivity index (χ1) is 10.2. The molecule has 0 saturated carbocycles. The second-order valence-corrected chi connectivity index (χ2v) is 6.32. The number of Topliss-reactive ketones (excluding diaryl/α,β-unsaturated/α-hetero) is 1. The Morgan fingerprint density at radius 2 is 1.77 bits per heavy atom. The van der Waals surface area contributed by atoms with Crippen LogP contribution in [0.4, 0.5) is 5.69 Å². The van der Waals surface area contributed by atoms with E-state index in [0.29, 0.717) is 0 Å². The van der Waals surface area contributed by atoms with Crippen molar-refractivity contribution in [3.63, 3.8) is 0 Å². The monoisotopic (exact) mass is 329 g/mol. The van der Waals surface area contributed by atoms with Crippen LogP contribution in [0.5, 0.6) is 0 Å². The van der Waals surface area contributed by atoms with Gasteiger partial charge in [0.15, 0.2) is 0 Å². The zero-order valence-corrected chi connectivity index (χ0v) is 13.6. The number of amides is 1. The molecule has 1 rings (SSSR count). The van der Waals surface area contributed by atoms with E-state index in [9.17, 15) is 18.0 Å². The van der Waals surface area contributed by atoms with Crippen LogP contribution in [-0.4, -0.2) is 40.4 Å². The molecule has 0 fully saturated rings. The molecule has 0 radical (unpaired) electrons. The van der Waals surface area contributed by atoms with E-state index in [-0.39, 0.29) is 16.4 Å². The number of hydrogen-bond donors (Lipinski definition) is 1. The lowest BCUT2D eigenvalue weighted by molar-refractivity contribution is -0.134. The highest BCUT2D eigenvalue weighted by atomic mass is 32.2. The van der Waals surface area contributed by atoms with Crippen molar-refractivity contribution in [2.75, 3.05) is 19.5 Å². The topological polar surface area (TPSA) is 98.8 Å². The summed E-state index contributed by atoms with van der Waals surface area (Å²) in [5.74, 6) is -2.05. The van der Waals surface area contributed by atoms with Crippen LogP contribution in [0.25, 0.3) is 0 Å². The number of para-hydroxylation sites is 1. The summed E-state index contributed by atoms with van der Waals surface area (Å²) in [6.07, 6.45) is -0.635. The van der Waals surface area contributed by atoms with Crippen LogP contribution in [0.15, 0.2) is 29.2 Å². The lowest BCUT2D eigenvalue weighted by atomic mass is 9.98. The van der Waals surface area contributed by atoms with Gasteiger partial charge in [0.2, 0.25) is 5.91 Å². The van der Waals surface area contributed by atoms with E-state index in [2.05, 4.69) is 9.50 Å². The fourth-order valence-electron chi connectivity index (χ4n) is 1.95. The van der Waals surface area contributed by atoms with E-state index in [0.717, 1.165) is 7.11 Å². The minimum absolute atomic E-state index is 0.0453. The van der Waals surface area contributed by atoms with Gasteiger partial charge in [-0.25, -0.2) is 0 Å². The number of benzene rings is 1. The Bertz CT molecular complexity index is 655. The van der Waals surface area contributed by atoms with E-state index in [4.69, 9.17) is 4.74 Å². The predicted octanol–water partition coefficient (Wildman–Crippen LogP) is 1.20. The molecule has 0 saturated heterocycles. The van der Waals surface area contributed by atoms with Crippen molar-refractivity contribution in [1.29, 1.82) is 0 Å². The zero-order valence-electron chi connectivity index (χ0n) is 12.8. The van der Waals surface area contributed by atoms with E-state index in [1.54, 1.807) is 13.0 Å². The SMILES string of the molecule is COC(C)C(C(C)=O)C(=O)Nc1ccccc1S(=O)(=O)OC. The lowest BCUT2D eigenvalue weighted by Gasteiger charge is -2.20. The number of carbonyl (C=O) groups excluding carboxylic acids is 2.